The van der Waals surface area contributed by atoms with Gasteiger partial charge in [0.15, 0.2) is 18.1 Å². The van der Waals surface area contributed by atoms with Crippen LogP contribution in [0.15, 0.2) is 51.6 Å². The van der Waals surface area contributed by atoms with Gasteiger partial charge in [0.25, 0.3) is 5.91 Å². The summed E-state index contributed by atoms with van der Waals surface area (Å²) >= 11 is 3.36. The lowest BCUT2D eigenvalue weighted by Gasteiger charge is -2.14. The molecule has 0 saturated heterocycles. The van der Waals surface area contributed by atoms with Crippen LogP contribution in [0, 0.1) is 18.3 Å². The summed E-state index contributed by atoms with van der Waals surface area (Å²) < 4.78 is 17.2. The van der Waals surface area contributed by atoms with Crippen molar-refractivity contribution in [2.24, 2.45) is 0 Å². The summed E-state index contributed by atoms with van der Waals surface area (Å²) in [5.41, 5.74) is 3.27. The first kappa shape index (κ1) is 22.4. The minimum Gasteiger partial charge on any atom is -0.490 e. The first-order chi connectivity index (χ1) is 15.0. The van der Waals surface area contributed by atoms with E-state index in [1.54, 1.807) is 18.4 Å². The van der Waals surface area contributed by atoms with Crippen LogP contribution in [0.25, 0.3) is 11.5 Å². The Balaban J connectivity index is 1.50. The number of aryl methyl sites for hydroxylation is 1. The fourth-order valence-electron chi connectivity index (χ4n) is 2.80. The molecule has 1 aromatic heterocycles. The number of ether oxygens (including phenoxy) is 2. The highest BCUT2D eigenvalue weighted by Gasteiger charge is 2.14. The molecule has 0 spiro atoms. The Labute approximate surface area is 189 Å². The van der Waals surface area contributed by atoms with Gasteiger partial charge in [0.1, 0.15) is 6.26 Å². The van der Waals surface area contributed by atoms with Crippen LogP contribution < -0.4 is 14.8 Å². The molecule has 0 aliphatic heterocycles. The molecule has 1 heterocycles. The van der Waals surface area contributed by atoms with E-state index >= 15 is 0 Å². The summed E-state index contributed by atoms with van der Waals surface area (Å²) in [4.78, 5) is 16.6. The standard InChI is InChI=1S/C23H22BrN3O4/c1-3-29-20-11-16(12-25)10-19(24)22(20)30-14-21(28)26-9-8-18-13-31-23(27-18)17-6-4-15(2)5-7-17/h4-7,10-11,13H,3,8-9,14H2,1-2H3,(H,26,28). The number of nitriles is 1. The summed E-state index contributed by atoms with van der Waals surface area (Å²) in [5, 5.41) is 11.9. The van der Waals surface area contributed by atoms with Gasteiger partial charge in [0, 0.05) is 24.6 Å². The molecule has 0 radical (unpaired) electrons. The molecule has 0 fully saturated rings. The van der Waals surface area contributed by atoms with E-state index in [1.807, 2.05) is 38.1 Å². The summed E-state index contributed by atoms with van der Waals surface area (Å²) in [7, 11) is 0. The van der Waals surface area contributed by atoms with Crippen LogP contribution in [0.5, 0.6) is 11.5 Å². The molecular formula is C23H22BrN3O4. The average molecular weight is 484 g/mol. The normalized spacial score (nSPS) is 10.4. The van der Waals surface area contributed by atoms with Crippen LogP contribution in [0.3, 0.4) is 0 Å². The number of nitrogens with one attached hydrogen (secondary N) is 1. The molecule has 0 aliphatic carbocycles. The molecule has 0 unspecified atom stereocenters. The fourth-order valence-corrected chi connectivity index (χ4v) is 3.36. The van der Waals surface area contributed by atoms with Crippen LogP contribution in [-0.2, 0) is 11.2 Å². The van der Waals surface area contributed by atoms with Crippen LogP contribution in [0.2, 0.25) is 0 Å². The predicted octanol–water partition coefficient (Wildman–Crippen LogP) is 4.42. The van der Waals surface area contributed by atoms with E-state index in [9.17, 15) is 4.79 Å². The summed E-state index contributed by atoms with van der Waals surface area (Å²) in [6.45, 7) is 4.48. The van der Waals surface area contributed by atoms with E-state index in [1.165, 1.54) is 5.56 Å². The lowest BCUT2D eigenvalue weighted by Crippen LogP contribution is -2.30. The molecule has 0 bridgehead atoms. The number of carbonyl (C=O) groups excluding carboxylic acids is 1. The molecule has 160 valence electrons. The second kappa shape index (κ2) is 10.6. The highest BCUT2D eigenvalue weighted by molar-refractivity contribution is 9.10. The van der Waals surface area contributed by atoms with Crippen molar-refractivity contribution in [2.45, 2.75) is 20.3 Å². The van der Waals surface area contributed by atoms with Gasteiger partial charge in [0.2, 0.25) is 5.89 Å². The number of amides is 1. The zero-order valence-electron chi connectivity index (χ0n) is 17.3. The third-order valence-corrected chi connectivity index (χ3v) is 4.93. The highest BCUT2D eigenvalue weighted by atomic mass is 79.9. The number of hydrogen-bond acceptors (Lipinski definition) is 6. The third kappa shape index (κ3) is 6.09. The van der Waals surface area contributed by atoms with Crippen molar-refractivity contribution < 1.29 is 18.7 Å². The van der Waals surface area contributed by atoms with Gasteiger partial charge >= 0.3 is 0 Å². The lowest BCUT2D eigenvalue weighted by atomic mass is 10.1. The highest BCUT2D eigenvalue weighted by Crippen LogP contribution is 2.36. The first-order valence-electron chi connectivity index (χ1n) is 9.77. The Hall–Kier alpha value is -3.31. The van der Waals surface area contributed by atoms with Crippen molar-refractivity contribution in [2.75, 3.05) is 19.8 Å². The number of nitrogens with zero attached hydrogens (tertiary/aromatic N) is 2. The molecule has 0 atom stereocenters. The molecule has 3 rings (SSSR count). The molecule has 0 aliphatic rings. The number of oxazole rings is 1. The first-order valence-corrected chi connectivity index (χ1v) is 10.6. The molecule has 7 nitrogen and oxygen atoms in total. The summed E-state index contributed by atoms with van der Waals surface area (Å²) in [6, 6.07) is 13.2. The van der Waals surface area contributed by atoms with Gasteiger partial charge in [0.05, 0.1) is 28.4 Å². The maximum atomic E-state index is 12.2. The van der Waals surface area contributed by atoms with Crippen molar-refractivity contribution in [3.8, 4) is 29.0 Å². The fraction of sp³-hybridized carbons (Fsp3) is 0.261. The Morgan fingerprint density at radius 1 is 1.26 bits per heavy atom. The largest absolute Gasteiger partial charge is 0.490 e. The number of rotatable bonds is 9. The third-order valence-electron chi connectivity index (χ3n) is 4.34. The molecular weight excluding hydrogens is 462 g/mol. The van der Waals surface area contributed by atoms with Crippen molar-refractivity contribution in [3.05, 3.63) is 64.0 Å². The van der Waals surface area contributed by atoms with Gasteiger partial charge in [-0.05, 0) is 48.0 Å². The summed E-state index contributed by atoms with van der Waals surface area (Å²) in [6.07, 6.45) is 2.13. The molecule has 1 N–H and O–H groups in total. The number of carbonyl (C=O) groups is 1. The topological polar surface area (TPSA) is 97.4 Å². The van der Waals surface area contributed by atoms with Gasteiger partial charge in [-0.25, -0.2) is 4.98 Å². The van der Waals surface area contributed by atoms with Gasteiger partial charge in [-0.1, -0.05) is 17.7 Å². The molecule has 1 amide bonds. The maximum Gasteiger partial charge on any atom is 0.257 e. The van der Waals surface area contributed by atoms with Crippen LogP contribution in [0.1, 0.15) is 23.7 Å². The van der Waals surface area contributed by atoms with Gasteiger partial charge in [-0.15, -0.1) is 0 Å². The van der Waals surface area contributed by atoms with Gasteiger partial charge in [-0.3, -0.25) is 4.79 Å². The van der Waals surface area contributed by atoms with Crippen LogP contribution in [-0.4, -0.2) is 30.6 Å². The minimum absolute atomic E-state index is 0.183. The lowest BCUT2D eigenvalue weighted by molar-refractivity contribution is -0.123. The van der Waals surface area contributed by atoms with Crippen LogP contribution >= 0.6 is 15.9 Å². The minimum atomic E-state index is -0.277. The number of halogens is 1. The second-order valence-electron chi connectivity index (χ2n) is 6.73. The zero-order valence-corrected chi connectivity index (χ0v) is 18.9. The van der Waals surface area contributed by atoms with Crippen molar-refractivity contribution in [1.29, 1.82) is 5.26 Å². The number of benzene rings is 2. The van der Waals surface area contributed by atoms with Crippen molar-refractivity contribution >= 4 is 21.8 Å². The molecule has 0 saturated carbocycles. The van der Waals surface area contributed by atoms with Crippen molar-refractivity contribution in [1.82, 2.24) is 10.3 Å². The molecule has 8 heteroatoms. The zero-order chi connectivity index (χ0) is 22.2. The van der Waals surface area contributed by atoms with E-state index in [0.717, 1.165) is 11.3 Å². The number of hydrogen-bond donors (Lipinski definition) is 1. The monoisotopic (exact) mass is 483 g/mol. The van der Waals surface area contributed by atoms with E-state index in [2.05, 4.69) is 32.3 Å². The number of aromatic nitrogens is 1. The molecule has 3 aromatic rings. The smallest absolute Gasteiger partial charge is 0.257 e. The van der Waals surface area contributed by atoms with E-state index in [4.69, 9.17) is 19.2 Å². The predicted molar refractivity (Wildman–Crippen MR) is 119 cm³/mol. The average Bonchev–Trinajstić information content (AvgIpc) is 3.22. The Kier molecular flexibility index (Phi) is 7.68. The maximum absolute atomic E-state index is 12.2. The second-order valence-corrected chi connectivity index (χ2v) is 7.58. The Morgan fingerprint density at radius 3 is 2.74 bits per heavy atom. The SMILES string of the molecule is CCOc1cc(C#N)cc(Br)c1OCC(=O)NCCc1coc(-c2ccc(C)cc2)n1. The Bertz CT molecular complexity index is 1090. The van der Waals surface area contributed by atoms with Gasteiger partial charge in [-0.2, -0.15) is 5.26 Å². The van der Waals surface area contributed by atoms with Gasteiger partial charge < -0.3 is 19.2 Å². The molecule has 31 heavy (non-hydrogen) atoms. The quantitative estimate of drug-likeness (QED) is 0.483. The van der Waals surface area contributed by atoms with Crippen LogP contribution in [0.4, 0.5) is 0 Å². The van der Waals surface area contributed by atoms with E-state index in [0.29, 0.717) is 47.0 Å². The van der Waals surface area contributed by atoms with E-state index in [-0.39, 0.29) is 12.5 Å². The molecule has 2 aromatic carbocycles. The Morgan fingerprint density at radius 2 is 2.03 bits per heavy atom. The van der Waals surface area contributed by atoms with Crippen molar-refractivity contribution in [3.63, 3.8) is 0 Å². The van der Waals surface area contributed by atoms with E-state index < -0.39 is 0 Å². The summed E-state index contributed by atoms with van der Waals surface area (Å²) in [5.74, 6) is 1.07.